The molecule has 0 saturated carbocycles. The minimum atomic E-state index is -0.631. The summed E-state index contributed by atoms with van der Waals surface area (Å²) < 4.78 is 12.5. The number of furan rings is 1. The Bertz CT molecular complexity index is 1030. The summed E-state index contributed by atoms with van der Waals surface area (Å²) in [6.45, 7) is 0.655. The first-order valence-electron chi connectivity index (χ1n) is 10.4. The van der Waals surface area contributed by atoms with E-state index in [1.165, 1.54) is 11.3 Å². The van der Waals surface area contributed by atoms with Crippen molar-refractivity contribution in [2.24, 2.45) is 7.05 Å². The number of aryl methyl sites for hydroxylation is 1. The van der Waals surface area contributed by atoms with Crippen molar-refractivity contribution in [3.05, 3.63) is 77.0 Å². The van der Waals surface area contributed by atoms with Gasteiger partial charge in [0.2, 0.25) is 5.91 Å². The van der Waals surface area contributed by atoms with Gasteiger partial charge in [0.15, 0.2) is 0 Å². The van der Waals surface area contributed by atoms with E-state index >= 15 is 0 Å². The van der Waals surface area contributed by atoms with Crippen LogP contribution in [0.15, 0.2) is 53.1 Å². The number of nitrogens with zero attached hydrogens (tertiary/aromatic N) is 3. The Balaban J connectivity index is 1.37. The number of rotatable bonds is 8. The van der Waals surface area contributed by atoms with Crippen LogP contribution in [-0.2, 0) is 49.1 Å². The van der Waals surface area contributed by atoms with E-state index in [0.29, 0.717) is 18.8 Å². The third-order valence-electron chi connectivity index (χ3n) is 5.42. The van der Waals surface area contributed by atoms with Gasteiger partial charge in [-0.05, 0) is 42.5 Å². The molecule has 162 valence electrons. The maximum Gasteiger partial charge on any atom is 0.407 e. The van der Waals surface area contributed by atoms with Gasteiger partial charge in [0.05, 0.1) is 25.0 Å². The molecule has 2 heterocycles. The van der Waals surface area contributed by atoms with E-state index in [-0.39, 0.29) is 19.1 Å². The molecular formula is C23H26N4O4. The minimum absolute atomic E-state index is 0.150. The largest absolute Gasteiger partial charge is 0.467 e. The summed E-state index contributed by atoms with van der Waals surface area (Å²) in [5, 5.41) is 7.17. The summed E-state index contributed by atoms with van der Waals surface area (Å²) >= 11 is 0. The summed E-state index contributed by atoms with van der Waals surface area (Å²) in [7, 11) is 1.94. The number of ether oxygens (including phenoxy) is 1. The Hall–Kier alpha value is -3.55. The molecule has 1 aliphatic rings. The maximum atomic E-state index is 12.9. The Morgan fingerprint density at radius 2 is 2.00 bits per heavy atom. The molecule has 0 unspecified atom stereocenters. The molecule has 0 saturated heterocycles. The van der Waals surface area contributed by atoms with Gasteiger partial charge in [-0.2, -0.15) is 5.10 Å². The van der Waals surface area contributed by atoms with Gasteiger partial charge in [-0.3, -0.25) is 9.48 Å². The zero-order valence-electron chi connectivity index (χ0n) is 17.5. The highest BCUT2D eigenvalue weighted by Crippen LogP contribution is 2.26. The second-order valence-corrected chi connectivity index (χ2v) is 7.59. The van der Waals surface area contributed by atoms with E-state index in [1.54, 1.807) is 17.2 Å². The quantitative estimate of drug-likeness (QED) is 0.603. The van der Waals surface area contributed by atoms with E-state index in [1.807, 2.05) is 48.1 Å². The number of aromatic nitrogens is 2. The number of carbonyl (C=O) groups is 2. The molecule has 0 aliphatic heterocycles. The van der Waals surface area contributed by atoms with Crippen LogP contribution in [0.25, 0.3) is 0 Å². The first kappa shape index (κ1) is 20.7. The predicted octanol–water partition coefficient (Wildman–Crippen LogP) is 2.96. The number of fused-ring (bicyclic) bond motifs is 1. The molecule has 2 aromatic heterocycles. The van der Waals surface area contributed by atoms with Crippen molar-refractivity contribution in [1.29, 1.82) is 0 Å². The van der Waals surface area contributed by atoms with Crippen LogP contribution in [0.4, 0.5) is 4.79 Å². The van der Waals surface area contributed by atoms with Gasteiger partial charge in [-0.1, -0.05) is 30.3 Å². The molecule has 0 spiro atoms. The van der Waals surface area contributed by atoms with E-state index in [2.05, 4.69) is 10.4 Å². The summed E-state index contributed by atoms with van der Waals surface area (Å²) in [5.41, 5.74) is 4.26. The molecule has 31 heavy (non-hydrogen) atoms. The van der Waals surface area contributed by atoms with E-state index in [4.69, 9.17) is 9.15 Å². The Labute approximate surface area is 180 Å². The molecule has 8 heteroatoms. The fourth-order valence-electron chi connectivity index (χ4n) is 3.86. The molecule has 4 rings (SSSR count). The van der Waals surface area contributed by atoms with Crippen molar-refractivity contribution in [2.75, 3.05) is 6.54 Å². The summed E-state index contributed by atoms with van der Waals surface area (Å²) in [6.07, 6.45) is 4.05. The summed E-state index contributed by atoms with van der Waals surface area (Å²) in [5.74, 6) is 0.443. The molecule has 1 N–H and O–H groups in total. The van der Waals surface area contributed by atoms with Crippen molar-refractivity contribution in [2.45, 2.75) is 39.0 Å². The van der Waals surface area contributed by atoms with Gasteiger partial charge in [-0.25, -0.2) is 4.79 Å². The number of hydrogen-bond donors (Lipinski definition) is 1. The van der Waals surface area contributed by atoms with E-state index < -0.39 is 6.09 Å². The van der Waals surface area contributed by atoms with Crippen molar-refractivity contribution < 1.29 is 18.7 Å². The topological polar surface area (TPSA) is 89.6 Å². The molecule has 1 aliphatic carbocycles. The lowest BCUT2D eigenvalue weighted by atomic mass is 10.2. The van der Waals surface area contributed by atoms with Crippen molar-refractivity contribution in [3.8, 4) is 0 Å². The number of benzene rings is 1. The van der Waals surface area contributed by atoms with Crippen molar-refractivity contribution >= 4 is 12.0 Å². The molecule has 1 aromatic carbocycles. The maximum absolute atomic E-state index is 12.9. The Morgan fingerprint density at radius 3 is 2.77 bits per heavy atom. The van der Waals surface area contributed by atoms with Crippen LogP contribution < -0.4 is 5.32 Å². The fraction of sp³-hybridized carbons (Fsp3) is 0.348. The second kappa shape index (κ2) is 9.51. The number of alkyl carbamates (subject to hydrolysis) is 1. The van der Waals surface area contributed by atoms with Crippen LogP contribution in [0, 0.1) is 0 Å². The molecule has 2 amide bonds. The average molecular weight is 422 g/mol. The smallest absolute Gasteiger partial charge is 0.407 e. The monoisotopic (exact) mass is 422 g/mol. The van der Waals surface area contributed by atoms with Crippen molar-refractivity contribution in [3.63, 3.8) is 0 Å². The van der Waals surface area contributed by atoms with E-state index in [9.17, 15) is 9.59 Å². The molecule has 0 fully saturated rings. The van der Waals surface area contributed by atoms with Gasteiger partial charge < -0.3 is 19.4 Å². The van der Waals surface area contributed by atoms with Gasteiger partial charge in [0.1, 0.15) is 18.9 Å². The third-order valence-corrected chi connectivity index (χ3v) is 5.42. The first-order chi connectivity index (χ1) is 15.1. The van der Waals surface area contributed by atoms with Crippen molar-refractivity contribution in [1.82, 2.24) is 20.0 Å². The third kappa shape index (κ3) is 5.14. The number of amides is 2. The number of carbonyl (C=O) groups excluding carboxylic acids is 2. The van der Waals surface area contributed by atoms with Gasteiger partial charge in [-0.15, -0.1) is 0 Å². The molecular weight excluding hydrogens is 396 g/mol. The zero-order chi connectivity index (χ0) is 21.6. The molecule has 0 radical (unpaired) electrons. The zero-order valence-corrected chi connectivity index (χ0v) is 17.5. The standard InChI is InChI=1S/C23H26N4O4/c1-26-21-11-5-10-19(21)20(25-26)15-27(14-18-9-6-12-30-18)22(28)13-24-23(29)31-16-17-7-3-2-4-8-17/h2-4,6-9,12H,5,10-11,13-16H2,1H3,(H,24,29). The second-order valence-electron chi connectivity index (χ2n) is 7.59. The van der Waals surface area contributed by atoms with E-state index in [0.717, 1.165) is 30.5 Å². The number of nitrogens with one attached hydrogen (secondary N) is 1. The van der Waals surface area contributed by atoms with Crippen LogP contribution in [0.5, 0.6) is 0 Å². The summed E-state index contributed by atoms with van der Waals surface area (Å²) in [6, 6.07) is 13.0. The highest BCUT2D eigenvalue weighted by atomic mass is 16.5. The van der Waals surface area contributed by atoms with Crippen LogP contribution in [-0.4, -0.2) is 33.2 Å². The molecule has 8 nitrogen and oxygen atoms in total. The predicted molar refractivity (Wildman–Crippen MR) is 113 cm³/mol. The normalized spacial score (nSPS) is 12.4. The summed E-state index contributed by atoms with van der Waals surface area (Å²) in [4.78, 5) is 26.6. The lowest BCUT2D eigenvalue weighted by molar-refractivity contribution is -0.131. The van der Waals surface area contributed by atoms with Gasteiger partial charge in [0.25, 0.3) is 0 Å². The highest BCUT2D eigenvalue weighted by Gasteiger charge is 2.25. The lowest BCUT2D eigenvalue weighted by Gasteiger charge is -2.21. The molecule has 3 aromatic rings. The minimum Gasteiger partial charge on any atom is -0.467 e. The van der Waals surface area contributed by atoms with Crippen LogP contribution in [0.3, 0.4) is 0 Å². The molecule has 0 atom stereocenters. The van der Waals surface area contributed by atoms with Crippen LogP contribution in [0.2, 0.25) is 0 Å². The number of hydrogen-bond acceptors (Lipinski definition) is 5. The van der Waals surface area contributed by atoms with Gasteiger partial charge >= 0.3 is 6.09 Å². The highest BCUT2D eigenvalue weighted by molar-refractivity contribution is 5.82. The van der Waals surface area contributed by atoms with Gasteiger partial charge in [0, 0.05) is 12.7 Å². The average Bonchev–Trinajstić information content (AvgIpc) is 3.52. The first-order valence-corrected chi connectivity index (χ1v) is 10.4. The van der Waals surface area contributed by atoms with Crippen LogP contribution >= 0.6 is 0 Å². The molecule has 0 bridgehead atoms. The Kier molecular flexibility index (Phi) is 6.35. The fourth-order valence-corrected chi connectivity index (χ4v) is 3.86. The van der Waals surface area contributed by atoms with Crippen LogP contribution in [0.1, 0.15) is 34.7 Å². The SMILES string of the molecule is Cn1nc(CN(Cc2ccco2)C(=O)CNC(=O)OCc2ccccc2)c2c1CCC2. The Morgan fingerprint density at radius 1 is 1.16 bits per heavy atom. The lowest BCUT2D eigenvalue weighted by Crippen LogP contribution is -2.39.